The van der Waals surface area contributed by atoms with Crippen molar-refractivity contribution in [2.75, 3.05) is 11.6 Å². The van der Waals surface area contributed by atoms with E-state index in [2.05, 4.69) is 6.07 Å². The second-order valence-corrected chi connectivity index (χ2v) is 4.76. The van der Waals surface area contributed by atoms with Crippen molar-refractivity contribution < 1.29 is 9.90 Å². The Bertz CT molecular complexity index is 741. The molecular weight excluding hydrogens is 250 g/mol. The number of carbonyl (C=O) groups excluding carboxylic acids is 1. The highest BCUT2D eigenvalue weighted by Crippen LogP contribution is 2.35. The first-order chi connectivity index (χ1) is 9.72. The minimum atomic E-state index is -0.326. The molecule has 0 aliphatic carbocycles. The molecule has 1 amide bonds. The van der Waals surface area contributed by atoms with Crippen molar-refractivity contribution in [2.45, 2.75) is 6.92 Å². The van der Waals surface area contributed by atoms with Crippen molar-refractivity contribution in [3.05, 3.63) is 54.6 Å². The van der Waals surface area contributed by atoms with Gasteiger partial charge in [0.15, 0.2) is 0 Å². The zero-order valence-electron chi connectivity index (χ0n) is 11.2. The van der Waals surface area contributed by atoms with Crippen LogP contribution in [0.15, 0.2) is 54.6 Å². The first-order valence-electron chi connectivity index (χ1n) is 6.52. The number of anilines is 1. The van der Waals surface area contributed by atoms with Crippen LogP contribution in [0.1, 0.15) is 6.92 Å². The van der Waals surface area contributed by atoms with Gasteiger partial charge in [0.05, 0.1) is 5.69 Å². The van der Waals surface area contributed by atoms with Crippen LogP contribution in [0.4, 0.5) is 5.69 Å². The standard InChI is InChI=1S/C17H15NO2/c1-12(20)18(11-19)17-15-8-4-2-6-13(15)10-14-7-3-5-9-16(14)17/h2-10,19H,11H2,1H3. The number of aliphatic hydroxyl groups excluding tert-OH is 1. The van der Waals surface area contributed by atoms with Gasteiger partial charge in [0.2, 0.25) is 5.91 Å². The van der Waals surface area contributed by atoms with Gasteiger partial charge >= 0.3 is 0 Å². The molecule has 3 heteroatoms. The van der Waals surface area contributed by atoms with Crippen molar-refractivity contribution in [3.63, 3.8) is 0 Å². The van der Waals surface area contributed by atoms with Crippen LogP contribution in [-0.2, 0) is 4.79 Å². The molecule has 0 aliphatic heterocycles. The van der Waals surface area contributed by atoms with E-state index in [1.165, 1.54) is 11.8 Å². The van der Waals surface area contributed by atoms with Crippen molar-refractivity contribution in [2.24, 2.45) is 0 Å². The van der Waals surface area contributed by atoms with Crippen molar-refractivity contribution in [1.82, 2.24) is 0 Å². The maximum Gasteiger partial charge on any atom is 0.225 e. The van der Waals surface area contributed by atoms with Gasteiger partial charge in [0.25, 0.3) is 0 Å². The fourth-order valence-electron chi connectivity index (χ4n) is 2.61. The molecular formula is C17H15NO2. The normalized spacial score (nSPS) is 10.9. The number of hydrogen-bond donors (Lipinski definition) is 1. The third-order valence-corrected chi connectivity index (χ3v) is 3.53. The van der Waals surface area contributed by atoms with E-state index in [4.69, 9.17) is 0 Å². The molecule has 0 aliphatic rings. The monoisotopic (exact) mass is 265 g/mol. The van der Waals surface area contributed by atoms with E-state index >= 15 is 0 Å². The Kier molecular flexibility index (Phi) is 3.12. The zero-order chi connectivity index (χ0) is 14.1. The zero-order valence-corrected chi connectivity index (χ0v) is 11.2. The Labute approximate surface area is 117 Å². The third kappa shape index (κ3) is 1.92. The van der Waals surface area contributed by atoms with Crippen molar-refractivity contribution in [3.8, 4) is 0 Å². The fourth-order valence-corrected chi connectivity index (χ4v) is 2.61. The summed E-state index contributed by atoms with van der Waals surface area (Å²) in [5, 5.41) is 13.6. The molecule has 0 unspecified atom stereocenters. The molecule has 0 saturated carbocycles. The summed E-state index contributed by atoms with van der Waals surface area (Å²) in [6.07, 6.45) is 0. The Hall–Kier alpha value is -2.39. The Balaban J connectivity index is 2.47. The Morgan fingerprint density at radius 2 is 1.50 bits per heavy atom. The summed E-state index contributed by atoms with van der Waals surface area (Å²) in [5.41, 5.74) is 0.772. The van der Waals surface area contributed by atoms with Crippen LogP contribution in [0.25, 0.3) is 21.5 Å². The van der Waals surface area contributed by atoms with Crippen LogP contribution in [0.5, 0.6) is 0 Å². The van der Waals surface area contributed by atoms with E-state index in [0.29, 0.717) is 0 Å². The van der Waals surface area contributed by atoms with E-state index in [0.717, 1.165) is 27.2 Å². The summed E-state index contributed by atoms with van der Waals surface area (Å²) in [4.78, 5) is 13.2. The lowest BCUT2D eigenvalue weighted by Crippen LogP contribution is -2.29. The lowest BCUT2D eigenvalue weighted by molar-refractivity contribution is -0.117. The van der Waals surface area contributed by atoms with Crippen LogP contribution in [0.2, 0.25) is 0 Å². The predicted octanol–water partition coefficient (Wildman–Crippen LogP) is 3.30. The van der Waals surface area contributed by atoms with Gasteiger partial charge in [-0.15, -0.1) is 0 Å². The molecule has 20 heavy (non-hydrogen) atoms. The number of carbonyl (C=O) groups is 1. The van der Waals surface area contributed by atoms with E-state index in [9.17, 15) is 9.90 Å². The van der Waals surface area contributed by atoms with E-state index < -0.39 is 0 Å². The first-order valence-corrected chi connectivity index (χ1v) is 6.52. The van der Waals surface area contributed by atoms with Crippen molar-refractivity contribution >= 4 is 33.1 Å². The maximum atomic E-state index is 11.8. The lowest BCUT2D eigenvalue weighted by Gasteiger charge is -2.22. The first kappa shape index (κ1) is 12.6. The molecule has 0 heterocycles. The average Bonchev–Trinajstić information content (AvgIpc) is 2.47. The average molecular weight is 265 g/mol. The van der Waals surface area contributed by atoms with Crippen LogP contribution in [-0.4, -0.2) is 17.7 Å². The highest BCUT2D eigenvalue weighted by molar-refractivity contribution is 6.15. The van der Waals surface area contributed by atoms with E-state index in [-0.39, 0.29) is 12.6 Å². The van der Waals surface area contributed by atoms with Crippen LogP contribution < -0.4 is 4.90 Å². The number of aliphatic hydroxyl groups is 1. The number of fused-ring (bicyclic) bond motifs is 2. The van der Waals surface area contributed by atoms with Gasteiger partial charge < -0.3 is 5.11 Å². The summed E-state index contributed by atoms with van der Waals surface area (Å²) < 4.78 is 0. The fraction of sp³-hybridized carbons (Fsp3) is 0.118. The molecule has 3 aromatic rings. The molecule has 0 bridgehead atoms. The predicted molar refractivity (Wildman–Crippen MR) is 81.7 cm³/mol. The molecule has 0 saturated heterocycles. The maximum absolute atomic E-state index is 11.8. The summed E-state index contributed by atoms with van der Waals surface area (Å²) >= 11 is 0. The summed E-state index contributed by atoms with van der Waals surface area (Å²) in [7, 11) is 0. The number of rotatable bonds is 2. The van der Waals surface area contributed by atoms with Gasteiger partial charge in [-0.1, -0.05) is 48.5 Å². The molecule has 3 aromatic carbocycles. The smallest absolute Gasteiger partial charge is 0.225 e. The van der Waals surface area contributed by atoms with Crippen LogP contribution in [0.3, 0.4) is 0 Å². The quantitative estimate of drug-likeness (QED) is 0.570. The highest BCUT2D eigenvalue weighted by Gasteiger charge is 2.16. The Morgan fingerprint density at radius 1 is 1.00 bits per heavy atom. The summed E-state index contributed by atoms with van der Waals surface area (Å²) in [6.45, 7) is 1.14. The Morgan fingerprint density at radius 3 is 1.95 bits per heavy atom. The highest BCUT2D eigenvalue weighted by atomic mass is 16.3. The molecule has 3 nitrogen and oxygen atoms in total. The van der Waals surface area contributed by atoms with Crippen molar-refractivity contribution in [1.29, 1.82) is 0 Å². The number of amides is 1. The second-order valence-electron chi connectivity index (χ2n) is 4.76. The summed E-state index contributed by atoms with van der Waals surface area (Å²) in [5.74, 6) is -0.172. The molecule has 1 N–H and O–H groups in total. The second kappa shape index (κ2) is 4.94. The molecule has 100 valence electrons. The summed E-state index contributed by atoms with van der Waals surface area (Å²) in [6, 6.07) is 17.9. The molecule has 0 atom stereocenters. The minimum Gasteiger partial charge on any atom is -0.376 e. The molecule has 0 radical (unpaired) electrons. The van der Waals surface area contributed by atoms with E-state index in [1.54, 1.807) is 0 Å². The van der Waals surface area contributed by atoms with Gasteiger partial charge in [0, 0.05) is 17.7 Å². The number of hydrogen-bond acceptors (Lipinski definition) is 2. The lowest BCUT2D eigenvalue weighted by atomic mass is 10.00. The number of nitrogens with zero attached hydrogens (tertiary/aromatic N) is 1. The molecule has 0 fully saturated rings. The molecule has 0 aromatic heterocycles. The molecule has 3 rings (SSSR count). The third-order valence-electron chi connectivity index (χ3n) is 3.53. The SMILES string of the molecule is CC(=O)N(CO)c1c2ccccc2cc2ccccc12. The molecule has 0 spiro atoms. The number of benzene rings is 3. The van der Waals surface area contributed by atoms with Crippen LogP contribution >= 0.6 is 0 Å². The minimum absolute atomic E-state index is 0.172. The van der Waals surface area contributed by atoms with Gasteiger partial charge in [-0.05, 0) is 16.8 Å². The topological polar surface area (TPSA) is 40.5 Å². The van der Waals surface area contributed by atoms with Gasteiger partial charge in [0.1, 0.15) is 6.73 Å². The van der Waals surface area contributed by atoms with Crippen LogP contribution in [0, 0.1) is 0 Å². The van der Waals surface area contributed by atoms with Gasteiger partial charge in [-0.2, -0.15) is 0 Å². The largest absolute Gasteiger partial charge is 0.376 e. The van der Waals surface area contributed by atoms with Gasteiger partial charge in [-0.25, -0.2) is 0 Å². The van der Waals surface area contributed by atoms with E-state index in [1.807, 2.05) is 48.5 Å². The van der Waals surface area contributed by atoms with Gasteiger partial charge in [-0.3, -0.25) is 9.69 Å².